The fourth-order valence-electron chi connectivity index (χ4n) is 3.02. The van der Waals surface area contributed by atoms with Crippen LogP contribution in [0.3, 0.4) is 0 Å². The maximum atomic E-state index is 12.5. The number of carbonyl (C=O) groups is 2. The Labute approximate surface area is 174 Å². The van der Waals surface area contributed by atoms with E-state index in [2.05, 4.69) is 31.9 Å². The van der Waals surface area contributed by atoms with Crippen LogP contribution in [0.25, 0.3) is 22.4 Å². The number of hydrogen-bond donors (Lipinski definition) is 0. The van der Waals surface area contributed by atoms with Crippen molar-refractivity contribution in [3.05, 3.63) is 69.2 Å². The quantitative estimate of drug-likeness (QED) is 0.439. The van der Waals surface area contributed by atoms with Crippen molar-refractivity contribution < 1.29 is 14.3 Å². The molecule has 0 bridgehead atoms. The lowest BCUT2D eigenvalue weighted by Gasteiger charge is -2.12. The number of carbonyl (C=O) groups excluding carboxylic acids is 2. The van der Waals surface area contributed by atoms with Crippen LogP contribution >= 0.6 is 31.9 Å². The van der Waals surface area contributed by atoms with Gasteiger partial charge >= 0.3 is 5.97 Å². The maximum absolute atomic E-state index is 12.5. The first-order valence-corrected chi connectivity index (χ1v) is 9.83. The summed E-state index contributed by atoms with van der Waals surface area (Å²) in [7, 11) is 1.34. The van der Waals surface area contributed by atoms with Gasteiger partial charge in [-0.2, -0.15) is 0 Å². The van der Waals surface area contributed by atoms with Gasteiger partial charge in [-0.25, -0.2) is 0 Å². The number of methoxy groups -OCH3 is 1. The van der Waals surface area contributed by atoms with Gasteiger partial charge in [0, 0.05) is 27.1 Å². The predicted octanol–water partition coefficient (Wildman–Crippen LogP) is 5.72. The van der Waals surface area contributed by atoms with Crippen LogP contribution < -0.4 is 0 Å². The molecule has 1 heterocycles. The average Bonchev–Trinajstić information content (AvgIpc) is 3.02. The van der Waals surface area contributed by atoms with Crippen molar-refractivity contribution in [2.75, 3.05) is 7.11 Å². The second kappa shape index (κ2) is 8.23. The molecule has 3 aromatic rings. The molecular formula is C21H17Br2NO3. The summed E-state index contributed by atoms with van der Waals surface area (Å²) in [5.41, 5.74) is 4.10. The summed E-state index contributed by atoms with van der Waals surface area (Å²) in [5, 5.41) is 0. The monoisotopic (exact) mass is 489 g/mol. The zero-order valence-corrected chi connectivity index (χ0v) is 18.0. The number of halogens is 2. The second-order valence-electron chi connectivity index (χ2n) is 6.02. The summed E-state index contributed by atoms with van der Waals surface area (Å²) < 4.78 is 8.32. The van der Waals surface area contributed by atoms with Crippen molar-refractivity contribution in [3.63, 3.8) is 0 Å². The van der Waals surface area contributed by atoms with E-state index in [1.54, 1.807) is 4.57 Å². The minimum absolute atomic E-state index is 0.0239. The molecule has 0 aliphatic rings. The van der Waals surface area contributed by atoms with Gasteiger partial charge in [0.2, 0.25) is 5.91 Å². The Balaban J connectivity index is 2.28. The summed E-state index contributed by atoms with van der Waals surface area (Å²) in [6, 6.07) is 17.5. The number of nitrogens with zero attached hydrogens (tertiary/aromatic N) is 1. The minimum Gasteiger partial charge on any atom is -0.469 e. The van der Waals surface area contributed by atoms with Gasteiger partial charge in [-0.3, -0.25) is 14.2 Å². The van der Waals surface area contributed by atoms with E-state index in [0.717, 1.165) is 31.3 Å². The van der Waals surface area contributed by atoms with Gasteiger partial charge in [-0.05, 0) is 41.5 Å². The highest BCUT2D eigenvalue weighted by atomic mass is 79.9. The number of rotatable bonds is 4. The molecule has 27 heavy (non-hydrogen) atoms. The standard InChI is InChI=1S/C21H17Br2NO3/c1-13(25)24-18(12-20(26)27-2)11-19(14-3-7-16(22)8-4-14)21(24)15-5-9-17(23)10-6-15/h3-11H,12H2,1-2H3. The highest BCUT2D eigenvalue weighted by Gasteiger charge is 2.22. The molecule has 0 N–H and O–H groups in total. The summed E-state index contributed by atoms with van der Waals surface area (Å²) in [6.07, 6.45) is 0.0239. The molecule has 4 nitrogen and oxygen atoms in total. The largest absolute Gasteiger partial charge is 0.469 e. The first kappa shape index (κ1) is 19.6. The van der Waals surface area contributed by atoms with E-state index >= 15 is 0 Å². The molecule has 0 radical (unpaired) electrons. The van der Waals surface area contributed by atoms with Crippen LogP contribution in [0.4, 0.5) is 0 Å². The molecule has 0 aliphatic carbocycles. The number of ether oxygens (including phenoxy) is 1. The van der Waals surface area contributed by atoms with Crippen LogP contribution in [0.15, 0.2) is 63.5 Å². The van der Waals surface area contributed by atoms with Crippen molar-refractivity contribution in [3.8, 4) is 22.4 Å². The van der Waals surface area contributed by atoms with E-state index in [4.69, 9.17) is 4.74 Å². The van der Waals surface area contributed by atoms with Crippen molar-refractivity contribution >= 4 is 43.7 Å². The molecule has 0 aliphatic heterocycles. The average molecular weight is 491 g/mol. The first-order valence-electron chi connectivity index (χ1n) is 8.25. The summed E-state index contributed by atoms with van der Waals surface area (Å²) in [4.78, 5) is 24.4. The molecule has 1 aromatic heterocycles. The Hall–Kier alpha value is -2.18. The van der Waals surface area contributed by atoms with Crippen LogP contribution in [0, 0.1) is 0 Å². The maximum Gasteiger partial charge on any atom is 0.311 e. The van der Waals surface area contributed by atoms with E-state index < -0.39 is 0 Å². The van der Waals surface area contributed by atoms with E-state index in [1.165, 1.54) is 14.0 Å². The second-order valence-corrected chi connectivity index (χ2v) is 7.85. The predicted molar refractivity (Wildman–Crippen MR) is 113 cm³/mol. The van der Waals surface area contributed by atoms with E-state index in [9.17, 15) is 9.59 Å². The number of hydrogen-bond acceptors (Lipinski definition) is 3. The van der Waals surface area contributed by atoms with Crippen LogP contribution in [-0.2, 0) is 16.0 Å². The van der Waals surface area contributed by atoms with Gasteiger partial charge < -0.3 is 4.74 Å². The molecule has 6 heteroatoms. The van der Waals surface area contributed by atoms with Crippen molar-refractivity contribution in [1.82, 2.24) is 4.57 Å². The lowest BCUT2D eigenvalue weighted by Crippen LogP contribution is -2.15. The van der Waals surface area contributed by atoms with Crippen LogP contribution in [-0.4, -0.2) is 23.6 Å². The lowest BCUT2D eigenvalue weighted by molar-refractivity contribution is -0.139. The number of benzene rings is 2. The Morgan fingerprint density at radius 3 is 1.93 bits per heavy atom. The fraction of sp³-hybridized carbons (Fsp3) is 0.143. The molecule has 2 aromatic carbocycles. The smallest absolute Gasteiger partial charge is 0.311 e. The SMILES string of the molecule is COC(=O)Cc1cc(-c2ccc(Br)cc2)c(-c2ccc(Br)cc2)n1C(C)=O. The topological polar surface area (TPSA) is 48.3 Å². The zero-order chi connectivity index (χ0) is 19.6. The molecule has 0 saturated heterocycles. The zero-order valence-electron chi connectivity index (χ0n) is 14.8. The molecule has 3 rings (SSSR count). The summed E-state index contributed by atoms with van der Waals surface area (Å²) >= 11 is 6.89. The summed E-state index contributed by atoms with van der Waals surface area (Å²) in [5.74, 6) is -0.546. The molecule has 0 fully saturated rings. The Morgan fingerprint density at radius 1 is 0.926 bits per heavy atom. The molecule has 0 spiro atoms. The van der Waals surface area contributed by atoms with Crippen LogP contribution in [0.5, 0.6) is 0 Å². The van der Waals surface area contributed by atoms with Crippen LogP contribution in [0.2, 0.25) is 0 Å². The van der Waals surface area contributed by atoms with Gasteiger partial charge in [-0.1, -0.05) is 56.1 Å². The van der Waals surface area contributed by atoms with E-state index in [-0.39, 0.29) is 18.3 Å². The Morgan fingerprint density at radius 2 is 1.44 bits per heavy atom. The molecular weight excluding hydrogens is 474 g/mol. The molecule has 138 valence electrons. The fourth-order valence-corrected chi connectivity index (χ4v) is 3.54. The molecule has 0 atom stereocenters. The van der Waals surface area contributed by atoms with Gasteiger partial charge in [0.25, 0.3) is 0 Å². The van der Waals surface area contributed by atoms with Crippen molar-refractivity contribution in [2.45, 2.75) is 13.3 Å². The minimum atomic E-state index is -0.389. The van der Waals surface area contributed by atoms with E-state index in [1.807, 2.05) is 54.6 Å². The third kappa shape index (κ3) is 4.22. The number of esters is 1. The highest BCUT2D eigenvalue weighted by Crippen LogP contribution is 2.36. The normalized spacial score (nSPS) is 10.7. The first-order chi connectivity index (χ1) is 12.9. The van der Waals surface area contributed by atoms with Gasteiger partial charge in [-0.15, -0.1) is 0 Å². The third-order valence-electron chi connectivity index (χ3n) is 4.22. The van der Waals surface area contributed by atoms with Crippen LogP contribution in [0.1, 0.15) is 17.4 Å². The Kier molecular flexibility index (Phi) is 5.97. The highest BCUT2D eigenvalue weighted by molar-refractivity contribution is 9.10. The lowest BCUT2D eigenvalue weighted by atomic mass is 10.0. The molecule has 0 amide bonds. The van der Waals surface area contributed by atoms with Crippen molar-refractivity contribution in [1.29, 1.82) is 0 Å². The Bertz CT molecular complexity index is 990. The van der Waals surface area contributed by atoms with Crippen molar-refractivity contribution in [2.24, 2.45) is 0 Å². The molecule has 0 saturated carbocycles. The number of aromatic nitrogens is 1. The third-order valence-corrected chi connectivity index (χ3v) is 5.28. The van der Waals surface area contributed by atoms with E-state index in [0.29, 0.717) is 5.69 Å². The van der Waals surface area contributed by atoms with Gasteiger partial charge in [0.05, 0.1) is 19.2 Å². The summed E-state index contributed by atoms with van der Waals surface area (Å²) in [6.45, 7) is 1.49. The van der Waals surface area contributed by atoms with Gasteiger partial charge in [0.1, 0.15) is 0 Å². The van der Waals surface area contributed by atoms with Gasteiger partial charge in [0.15, 0.2) is 0 Å². The molecule has 0 unspecified atom stereocenters.